The zero-order valence-corrected chi connectivity index (χ0v) is 17.9. The zero-order valence-electron chi connectivity index (χ0n) is 16.4. The number of benzene rings is 2. The van der Waals surface area contributed by atoms with Crippen molar-refractivity contribution < 1.29 is 19.4 Å². The standard InChI is InChI=1S/C21H21Cl2N3O4/c1-13(27)12-30-18-8-5-16(9-19(18)29-2)24-21(28)20-14(10-22)11-26(25-20)17-6-3-15(23)4-7-17/h3-9,11,13,27H,10,12H2,1-2H3,(H,24,28). The molecule has 0 aliphatic carbocycles. The van der Waals surface area contributed by atoms with Crippen LogP contribution in [0.5, 0.6) is 11.5 Å². The summed E-state index contributed by atoms with van der Waals surface area (Å²) in [5.74, 6) is 0.617. The van der Waals surface area contributed by atoms with Crippen LogP contribution in [0.3, 0.4) is 0 Å². The van der Waals surface area contributed by atoms with Gasteiger partial charge in [0.25, 0.3) is 5.91 Å². The molecule has 3 rings (SSSR count). The van der Waals surface area contributed by atoms with Crippen LogP contribution in [0.1, 0.15) is 23.0 Å². The minimum absolute atomic E-state index is 0.128. The molecule has 0 bridgehead atoms. The molecule has 30 heavy (non-hydrogen) atoms. The van der Waals surface area contributed by atoms with Crippen LogP contribution in [-0.4, -0.2) is 40.6 Å². The summed E-state index contributed by atoms with van der Waals surface area (Å²) in [7, 11) is 1.50. The molecule has 0 aliphatic rings. The van der Waals surface area contributed by atoms with Gasteiger partial charge in [-0.3, -0.25) is 4.79 Å². The summed E-state index contributed by atoms with van der Waals surface area (Å²) in [6.07, 6.45) is 1.09. The maximum Gasteiger partial charge on any atom is 0.276 e. The SMILES string of the molecule is COc1cc(NC(=O)c2nn(-c3ccc(Cl)cc3)cc2CCl)ccc1OCC(C)O. The van der Waals surface area contributed by atoms with Gasteiger partial charge in [-0.2, -0.15) is 5.10 Å². The molecule has 1 amide bonds. The molecule has 1 aromatic heterocycles. The van der Waals surface area contributed by atoms with Gasteiger partial charge in [-0.15, -0.1) is 11.6 Å². The first kappa shape index (κ1) is 22.0. The van der Waals surface area contributed by atoms with Crippen LogP contribution >= 0.6 is 23.2 Å². The number of carbonyl (C=O) groups is 1. The molecule has 0 fully saturated rings. The van der Waals surface area contributed by atoms with Gasteiger partial charge in [0.05, 0.1) is 24.8 Å². The number of halogens is 2. The Morgan fingerprint density at radius 3 is 2.60 bits per heavy atom. The number of aliphatic hydroxyl groups excluding tert-OH is 1. The van der Waals surface area contributed by atoms with Gasteiger partial charge in [0.15, 0.2) is 17.2 Å². The molecule has 1 unspecified atom stereocenters. The highest BCUT2D eigenvalue weighted by Gasteiger charge is 2.18. The maximum atomic E-state index is 12.8. The molecular formula is C21H21Cl2N3O4. The number of carbonyl (C=O) groups excluding carboxylic acids is 1. The van der Waals surface area contributed by atoms with Gasteiger partial charge in [0, 0.05) is 28.5 Å². The Balaban J connectivity index is 1.81. The van der Waals surface area contributed by atoms with E-state index < -0.39 is 12.0 Å². The molecule has 0 saturated carbocycles. The Bertz CT molecular complexity index is 1020. The average Bonchev–Trinajstić information content (AvgIpc) is 3.17. The van der Waals surface area contributed by atoms with Crippen LogP contribution in [0.25, 0.3) is 5.69 Å². The number of nitrogens with one attached hydrogen (secondary N) is 1. The molecule has 3 aromatic rings. The number of hydrogen-bond acceptors (Lipinski definition) is 5. The topological polar surface area (TPSA) is 85.6 Å². The van der Waals surface area contributed by atoms with E-state index in [0.717, 1.165) is 5.69 Å². The lowest BCUT2D eigenvalue weighted by atomic mass is 10.2. The number of hydrogen-bond donors (Lipinski definition) is 2. The first-order valence-corrected chi connectivity index (χ1v) is 10.0. The van der Waals surface area contributed by atoms with E-state index in [2.05, 4.69) is 10.4 Å². The molecule has 0 aliphatic heterocycles. The molecule has 158 valence electrons. The van der Waals surface area contributed by atoms with Crippen molar-refractivity contribution in [2.75, 3.05) is 19.0 Å². The number of ether oxygens (including phenoxy) is 2. The minimum Gasteiger partial charge on any atom is -0.493 e. The summed E-state index contributed by atoms with van der Waals surface area (Å²) < 4.78 is 12.4. The fourth-order valence-corrected chi connectivity index (χ4v) is 3.01. The van der Waals surface area contributed by atoms with Gasteiger partial charge in [-0.25, -0.2) is 4.68 Å². The normalized spacial score (nSPS) is 11.8. The highest BCUT2D eigenvalue weighted by Crippen LogP contribution is 2.30. The second kappa shape index (κ2) is 9.84. The van der Waals surface area contributed by atoms with Crippen molar-refractivity contribution in [3.05, 3.63) is 64.9 Å². The molecule has 0 saturated heterocycles. The van der Waals surface area contributed by atoms with E-state index in [1.807, 2.05) is 0 Å². The van der Waals surface area contributed by atoms with Crippen molar-refractivity contribution >= 4 is 34.8 Å². The lowest BCUT2D eigenvalue weighted by Gasteiger charge is -2.13. The van der Waals surface area contributed by atoms with Gasteiger partial charge >= 0.3 is 0 Å². The average molecular weight is 450 g/mol. The van der Waals surface area contributed by atoms with E-state index >= 15 is 0 Å². The number of rotatable bonds is 8. The van der Waals surface area contributed by atoms with Crippen LogP contribution in [0.4, 0.5) is 5.69 Å². The number of nitrogens with zero attached hydrogens (tertiary/aromatic N) is 2. The summed E-state index contributed by atoms with van der Waals surface area (Å²) in [6, 6.07) is 12.0. The molecule has 1 atom stereocenters. The van der Waals surface area contributed by atoms with Gasteiger partial charge in [-0.05, 0) is 43.3 Å². The van der Waals surface area contributed by atoms with Crippen molar-refractivity contribution in [1.82, 2.24) is 9.78 Å². The Morgan fingerprint density at radius 2 is 1.97 bits per heavy atom. The van der Waals surface area contributed by atoms with Crippen LogP contribution in [0, 0.1) is 0 Å². The van der Waals surface area contributed by atoms with Gasteiger partial charge in [-0.1, -0.05) is 11.6 Å². The highest BCUT2D eigenvalue weighted by molar-refractivity contribution is 6.30. The van der Waals surface area contributed by atoms with Crippen LogP contribution in [-0.2, 0) is 5.88 Å². The summed E-state index contributed by atoms with van der Waals surface area (Å²) >= 11 is 12.0. The quantitative estimate of drug-likeness (QED) is 0.501. The van der Waals surface area contributed by atoms with E-state index in [1.54, 1.807) is 60.3 Å². The van der Waals surface area contributed by atoms with Crippen LogP contribution < -0.4 is 14.8 Å². The van der Waals surface area contributed by atoms with Crippen LogP contribution in [0.15, 0.2) is 48.7 Å². The van der Waals surface area contributed by atoms with E-state index in [0.29, 0.717) is 27.8 Å². The summed E-state index contributed by atoms with van der Waals surface area (Å²) in [6.45, 7) is 1.75. The summed E-state index contributed by atoms with van der Waals surface area (Å²) in [5.41, 5.74) is 2.07. The monoisotopic (exact) mass is 449 g/mol. The van der Waals surface area contributed by atoms with Crippen molar-refractivity contribution in [2.45, 2.75) is 18.9 Å². The van der Waals surface area contributed by atoms with Gasteiger partial charge < -0.3 is 19.9 Å². The Hall–Kier alpha value is -2.74. The molecule has 1 heterocycles. The molecule has 2 aromatic carbocycles. The number of methoxy groups -OCH3 is 1. The molecule has 9 heteroatoms. The second-order valence-electron chi connectivity index (χ2n) is 6.54. The van der Waals surface area contributed by atoms with E-state index in [4.69, 9.17) is 32.7 Å². The molecular weight excluding hydrogens is 429 g/mol. The Morgan fingerprint density at radius 1 is 1.23 bits per heavy atom. The zero-order chi connectivity index (χ0) is 21.7. The third-order valence-electron chi connectivity index (χ3n) is 4.14. The Labute approximate surface area is 184 Å². The first-order chi connectivity index (χ1) is 14.4. The van der Waals surface area contributed by atoms with E-state index in [1.165, 1.54) is 7.11 Å². The molecule has 7 nitrogen and oxygen atoms in total. The number of aromatic nitrogens is 2. The van der Waals surface area contributed by atoms with Crippen molar-refractivity contribution in [3.8, 4) is 17.2 Å². The number of aliphatic hydroxyl groups is 1. The smallest absolute Gasteiger partial charge is 0.276 e. The number of alkyl halides is 1. The second-order valence-corrected chi connectivity index (χ2v) is 7.24. The highest BCUT2D eigenvalue weighted by atomic mass is 35.5. The third-order valence-corrected chi connectivity index (χ3v) is 4.68. The fraction of sp³-hybridized carbons (Fsp3) is 0.238. The van der Waals surface area contributed by atoms with E-state index in [-0.39, 0.29) is 18.2 Å². The third kappa shape index (κ3) is 5.24. The lowest BCUT2D eigenvalue weighted by Crippen LogP contribution is -2.15. The number of anilines is 1. The molecule has 0 radical (unpaired) electrons. The van der Waals surface area contributed by atoms with Gasteiger partial charge in [0.2, 0.25) is 0 Å². The lowest BCUT2D eigenvalue weighted by molar-refractivity contribution is 0.102. The van der Waals surface area contributed by atoms with Crippen molar-refractivity contribution in [1.29, 1.82) is 0 Å². The minimum atomic E-state index is -0.612. The summed E-state index contributed by atoms with van der Waals surface area (Å²) in [4.78, 5) is 12.8. The largest absolute Gasteiger partial charge is 0.493 e. The van der Waals surface area contributed by atoms with E-state index in [9.17, 15) is 9.90 Å². The first-order valence-electron chi connectivity index (χ1n) is 9.12. The molecule has 2 N–H and O–H groups in total. The van der Waals surface area contributed by atoms with Crippen molar-refractivity contribution in [2.24, 2.45) is 0 Å². The molecule has 0 spiro atoms. The maximum absolute atomic E-state index is 12.8. The fourth-order valence-electron chi connectivity index (χ4n) is 2.69. The Kier molecular flexibility index (Phi) is 7.20. The summed E-state index contributed by atoms with van der Waals surface area (Å²) in [5, 5.41) is 17.2. The van der Waals surface area contributed by atoms with Gasteiger partial charge in [0.1, 0.15) is 6.61 Å². The van der Waals surface area contributed by atoms with Crippen molar-refractivity contribution in [3.63, 3.8) is 0 Å². The van der Waals surface area contributed by atoms with Crippen LogP contribution in [0.2, 0.25) is 5.02 Å². The number of amides is 1. The predicted octanol–water partition coefficient (Wildman–Crippen LogP) is 4.29. The predicted molar refractivity (Wildman–Crippen MR) is 116 cm³/mol.